The number of hydrogen-bond acceptors (Lipinski definition) is 6. The van der Waals surface area contributed by atoms with Crippen LogP contribution in [-0.2, 0) is 30.8 Å². The fraction of sp³-hybridized carbons (Fsp3) is 0.484. The number of aliphatic hydroxyl groups is 1. The highest BCUT2D eigenvalue weighted by atomic mass is 19.1. The minimum atomic E-state index is -1.29. The smallest absolute Gasteiger partial charge is 0.534 e. The van der Waals surface area contributed by atoms with Crippen LogP contribution in [0, 0.1) is 11.6 Å². The lowest BCUT2D eigenvalue weighted by Crippen LogP contribution is -2.53. The van der Waals surface area contributed by atoms with Crippen molar-refractivity contribution in [1.29, 1.82) is 0 Å². The molecule has 0 aromatic heterocycles. The van der Waals surface area contributed by atoms with Crippen LogP contribution in [0.15, 0.2) is 54.8 Å². The summed E-state index contributed by atoms with van der Waals surface area (Å²) in [5.74, 6) is -1.46. The Morgan fingerprint density at radius 1 is 1.17 bits per heavy atom. The Morgan fingerprint density at radius 2 is 1.81 bits per heavy atom. The van der Waals surface area contributed by atoms with Crippen molar-refractivity contribution in [3.63, 3.8) is 0 Å². The molecule has 0 spiro atoms. The van der Waals surface area contributed by atoms with Gasteiger partial charge in [-0.3, -0.25) is 9.69 Å². The van der Waals surface area contributed by atoms with Crippen LogP contribution in [0.3, 0.4) is 0 Å². The van der Waals surface area contributed by atoms with Crippen LogP contribution in [-0.4, -0.2) is 59.0 Å². The van der Waals surface area contributed by atoms with Gasteiger partial charge in [0.25, 0.3) is 0 Å². The highest BCUT2D eigenvalue weighted by molar-refractivity contribution is 6.62. The fourth-order valence-electron chi connectivity index (χ4n) is 5.15. The molecule has 2 aromatic carbocycles. The van der Waals surface area contributed by atoms with Crippen LogP contribution in [0.25, 0.3) is 0 Å². The summed E-state index contributed by atoms with van der Waals surface area (Å²) in [5.41, 5.74) is -0.456. The van der Waals surface area contributed by atoms with Gasteiger partial charge in [0.2, 0.25) is 5.91 Å². The minimum Gasteiger partial charge on any atom is -0.534 e. The number of ether oxygens (including phenoxy) is 1. The number of halogens is 2. The van der Waals surface area contributed by atoms with Crippen LogP contribution in [0.5, 0.6) is 0 Å². The van der Waals surface area contributed by atoms with E-state index in [4.69, 9.17) is 14.0 Å². The zero-order valence-electron chi connectivity index (χ0n) is 25.0. The number of hydrogen-bond donors (Lipinski definition) is 2. The Hall–Kier alpha value is -3.44. The molecule has 11 heteroatoms. The van der Waals surface area contributed by atoms with Crippen molar-refractivity contribution in [3.8, 4) is 0 Å². The molecule has 2 fully saturated rings. The van der Waals surface area contributed by atoms with Crippen LogP contribution >= 0.6 is 0 Å². The van der Waals surface area contributed by atoms with Gasteiger partial charge in [-0.2, -0.15) is 0 Å². The van der Waals surface area contributed by atoms with E-state index < -0.39 is 59.6 Å². The summed E-state index contributed by atoms with van der Waals surface area (Å²) in [6.07, 6.45) is -0.777. The Balaban J connectivity index is 1.65. The monoisotopic (exact) mass is 584 g/mol. The molecule has 226 valence electrons. The number of nitrogens with one attached hydrogen (secondary N) is 1. The van der Waals surface area contributed by atoms with Gasteiger partial charge in [-0.15, -0.1) is 0 Å². The third kappa shape index (κ3) is 7.31. The third-order valence-electron chi connectivity index (χ3n) is 7.47. The molecular weight excluding hydrogens is 545 g/mol. The van der Waals surface area contributed by atoms with E-state index in [2.05, 4.69) is 11.9 Å². The van der Waals surface area contributed by atoms with Gasteiger partial charge in [-0.25, -0.2) is 13.6 Å². The van der Waals surface area contributed by atoms with Crippen LogP contribution < -0.4 is 10.8 Å². The van der Waals surface area contributed by atoms with Crippen molar-refractivity contribution in [3.05, 3.63) is 77.6 Å². The molecule has 1 unspecified atom stereocenters. The minimum absolute atomic E-state index is 0.0594. The molecule has 42 heavy (non-hydrogen) atoms. The summed E-state index contributed by atoms with van der Waals surface area (Å²) in [4.78, 5) is 27.2. The van der Waals surface area contributed by atoms with E-state index in [1.54, 1.807) is 20.8 Å². The number of aliphatic hydroxyl groups excluding tert-OH is 1. The molecule has 1 saturated heterocycles. The second kappa shape index (κ2) is 11.7. The first-order chi connectivity index (χ1) is 19.5. The number of nitrogens with zero attached hydrogens (tertiary/aromatic N) is 1. The van der Waals surface area contributed by atoms with Crippen molar-refractivity contribution in [2.45, 2.75) is 89.7 Å². The lowest BCUT2D eigenvalue weighted by atomic mass is 9.77. The average molecular weight is 584 g/mol. The van der Waals surface area contributed by atoms with Crippen LogP contribution in [0.2, 0.25) is 0 Å². The summed E-state index contributed by atoms with van der Waals surface area (Å²) in [7, 11) is -0.667. The topological polar surface area (TPSA) is 97.3 Å². The molecule has 1 heterocycles. The van der Waals surface area contributed by atoms with E-state index in [-0.39, 0.29) is 18.5 Å². The van der Waals surface area contributed by atoms with E-state index >= 15 is 0 Å². The predicted octanol–water partition coefficient (Wildman–Crippen LogP) is 4.33. The lowest BCUT2D eigenvalue weighted by Gasteiger charge is -2.37. The number of rotatable bonds is 9. The van der Waals surface area contributed by atoms with Gasteiger partial charge in [0.15, 0.2) is 0 Å². The molecule has 2 aromatic rings. The molecule has 1 aliphatic heterocycles. The summed E-state index contributed by atoms with van der Waals surface area (Å²) in [5, 5.41) is 14.1. The zero-order chi connectivity index (χ0) is 31.0. The average Bonchev–Trinajstić information content (AvgIpc) is 3.60. The van der Waals surface area contributed by atoms with Gasteiger partial charge in [-0.05, 0) is 82.6 Å². The highest BCUT2D eigenvalue weighted by Crippen LogP contribution is 2.51. The van der Waals surface area contributed by atoms with E-state index in [1.807, 2.05) is 38.1 Å². The highest BCUT2D eigenvalue weighted by Gasteiger charge is 2.54. The standard InChI is InChI=1S/C31H39BF2N2O6/c1-19-30(6,7)42-32(41-19)23-10-8-9-22(16-23)31(11-12-31)36(28(39)40-29(3,4)5)18-27(38)26(35-20(2)37)15-21-13-24(33)17-25(34)14-21/h8-10,13-14,16-17,26-27,38H,1,11-12,15,18H2,2-7H3,(H,35,37)/t26-,27?/m0/s1. The molecule has 2 N–H and O–H groups in total. The molecular formula is C31H39BF2N2O6. The largest absolute Gasteiger partial charge is 0.563 e. The predicted molar refractivity (Wildman–Crippen MR) is 155 cm³/mol. The molecule has 2 aliphatic rings. The van der Waals surface area contributed by atoms with Crippen molar-refractivity contribution in [2.24, 2.45) is 0 Å². The fourth-order valence-corrected chi connectivity index (χ4v) is 5.15. The normalized spacial score (nSPS) is 18.6. The Labute approximate surface area is 246 Å². The van der Waals surface area contributed by atoms with Gasteiger partial charge in [0.05, 0.1) is 30.0 Å². The van der Waals surface area contributed by atoms with E-state index in [1.165, 1.54) is 11.8 Å². The quantitative estimate of drug-likeness (QED) is 0.426. The van der Waals surface area contributed by atoms with Gasteiger partial charge in [0.1, 0.15) is 22.8 Å². The SMILES string of the molecule is C=C1OB(c2cccc(C3(N(CC(O)[C@H](Cc4cc(F)cc(F)c4)NC(C)=O)C(=O)OC(C)(C)C)CC3)c2)OC1(C)C. The van der Waals surface area contributed by atoms with Gasteiger partial charge in [-0.1, -0.05) is 30.8 Å². The first-order valence-corrected chi connectivity index (χ1v) is 14.0. The van der Waals surface area contributed by atoms with Crippen LogP contribution in [0.4, 0.5) is 13.6 Å². The second-order valence-electron chi connectivity index (χ2n) is 12.6. The Morgan fingerprint density at radius 3 is 2.33 bits per heavy atom. The maximum Gasteiger partial charge on any atom is 0.563 e. The summed E-state index contributed by atoms with van der Waals surface area (Å²) >= 11 is 0. The Kier molecular flexibility index (Phi) is 8.76. The molecule has 2 atom stereocenters. The second-order valence-corrected chi connectivity index (χ2v) is 12.6. The molecule has 0 bridgehead atoms. The molecule has 1 aliphatic carbocycles. The Bertz CT molecular complexity index is 1340. The third-order valence-corrected chi connectivity index (χ3v) is 7.47. The molecule has 1 saturated carbocycles. The van der Waals surface area contributed by atoms with Crippen molar-refractivity contribution in [2.75, 3.05) is 6.54 Å². The number of carbonyl (C=O) groups is 2. The van der Waals surface area contributed by atoms with Crippen molar-refractivity contribution < 1.29 is 37.5 Å². The molecule has 0 radical (unpaired) electrons. The van der Waals surface area contributed by atoms with Crippen molar-refractivity contribution >= 4 is 24.6 Å². The maximum atomic E-state index is 13.9. The molecule has 2 amide bonds. The zero-order valence-corrected chi connectivity index (χ0v) is 25.0. The lowest BCUT2D eigenvalue weighted by molar-refractivity contribution is -0.120. The van der Waals surface area contributed by atoms with E-state index in [9.17, 15) is 23.5 Å². The number of benzene rings is 2. The molecule has 8 nitrogen and oxygen atoms in total. The van der Waals surface area contributed by atoms with Gasteiger partial charge in [0, 0.05) is 13.0 Å². The number of amides is 2. The summed E-state index contributed by atoms with van der Waals surface area (Å²) in [6, 6.07) is 9.64. The summed E-state index contributed by atoms with van der Waals surface area (Å²) < 4.78 is 45.5. The van der Waals surface area contributed by atoms with Gasteiger partial charge >= 0.3 is 13.2 Å². The van der Waals surface area contributed by atoms with E-state index in [0.29, 0.717) is 18.6 Å². The first kappa shape index (κ1) is 31.5. The maximum absolute atomic E-state index is 13.9. The summed E-state index contributed by atoms with van der Waals surface area (Å²) in [6.45, 7) is 14.0. The van der Waals surface area contributed by atoms with Gasteiger partial charge < -0.3 is 24.5 Å². The first-order valence-electron chi connectivity index (χ1n) is 14.0. The van der Waals surface area contributed by atoms with Crippen LogP contribution in [0.1, 0.15) is 65.5 Å². The van der Waals surface area contributed by atoms with E-state index in [0.717, 1.165) is 29.2 Å². The van der Waals surface area contributed by atoms with Crippen molar-refractivity contribution in [1.82, 2.24) is 10.2 Å². The molecule has 4 rings (SSSR count). The number of carbonyl (C=O) groups excluding carboxylic acids is 2.